The number of benzene rings is 1. The summed E-state index contributed by atoms with van der Waals surface area (Å²) in [6, 6.07) is 7.14. The van der Waals surface area contributed by atoms with Crippen LogP contribution in [0.5, 0.6) is 0 Å². The maximum atomic E-state index is 12.8. The number of anilines is 2. The first-order valence-electron chi connectivity index (χ1n) is 6.67. The molecule has 0 unspecified atom stereocenters. The summed E-state index contributed by atoms with van der Waals surface area (Å²) in [6.45, 7) is 4.92. The fourth-order valence-corrected chi connectivity index (χ4v) is 1.62. The van der Waals surface area contributed by atoms with Gasteiger partial charge in [0.05, 0.1) is 0 Å². The van der Waals surface area contributed by atoms with Gasteiger partial charge in [-0.1, -0.05) is 13.8 Å². The summed E-state index contributed by atoms with van der Waals surface area (Å²) in [5.74, 6) is 0.353. The number of rotatable bonds is 5. The van der Waals surface area contributed by atoms with Gasteiger partial charge in [-0.3, -0.25) is 4.79 Å². The van der Waals surface area contributed by atoms with E-state index in [1.165, 1.54) is 30.6 Å². The van der Waals surface area contributed by atoms with Crippen LogP contribution in [0.1, 0.15) is 24.3 Å². The van der Waals surface area contributed by atoms with Gasteiger partial charge >= 0.3 is 0 Å². The molecule has 21 heavy (non-hydrogen) atoms. The molecule has 1 amide bonds. The molecule has 0 aliphatic heterocycles. The van der Waals surface area contributed by atoms with E-state index >= 15 is 0 Å². The van der Waals surface area contributed by atoms with Crippen LogP contribution in [0.4, 0.5) is 15.9 Å². The zero-order valence-electron chi connectivity index (χ0n) is 11.9. The Hall–Kier alpha value is -2.50. The van der Waals surface area contributed by atoms with Gasteiger partial charge in [0.2, 0.25) is 0 Å². The molecule has 0 fully saturated rings. The van der Waals surface area contributed by atoms with Crippen LogP contribution in [0, 0.1) is 11.7 Å². The van der Waals surface area contributed by atoms with Crippen LogP contribution in [0.25, 0.3) is 0 Å². The van der Waals surface area contributed by atoms with Crippen LogP contribution in [0.15, 0.2) is 36.7 Å². The minimum atomic E-state index is -0.364. The van der Waals surface area contributed by atoms with Crippen molar-refractivity contribution in [3.8, 4) is 0 Å². The van der Waals surface area contributed by atoms with Crippen molar-refractivity contribution in [2.75, 3.05) is 17.2 Å². The second-order valence-corrected chi connectivity index (χ2v) is 5.02. The van der Waals surface area contributed by atoms with Gasteiger partial charge in [0.15, 0.2) is 0 Å². The van der Waals surface area contributed by atoms with Crippen molar-refractivity contribution in [1.82, 2.24) is 9.97 Å². The van der Waals surface area contributed by atoms with E-state index in [9.17, 15) is 9.18 Å². The largest absolute Gasteiger partial charge is 0.370 e. The van der Waals surface area contributed by atoms with E-state index in [2.05, 4.69) is 34.4 Å². The van der Waals surface area contributed by atoms with Gasteiger partial charge in [0, 0.05) is 18.3 Å². The molecule has 5 nitrogen and oxygen atoms in total. The van der Waals surface area contributed by atoms with Crippen molar-refractivity contribution in [1.29, 1.82) is 0 Å². The monoisotopic (exact) mass is 288 g/mol. The lowest BCUT2D eigenvalue weighted by atomic mass is 10.2. The molecule has 1 aromatic heterocycles. The van der Waals surface area contributed by atoms with Crippen LogP contribution in [-0.4, -0.2) is 22.4 Å². The zero-order valence-corrected chi connectivity index (χ0v) is 11.9. The summed E-state index contributed by atoms with van der Waals surface area (Å²) in [5, 5.41) is 5.78. The molecular weight excluding hydrogens is 271 g/mol. The van der Waals surface area contributed by atoms with E-state index < -0.39 is 0 Å². The maximum Gasteiger partial charge on any atom is 0.274 e. The molecule has 6 heteroatoms. The van der Waals surface area contributed by atoms with Gasteiger partial charge in [-0.15, -0.1) is 0 Å². The topological polar surface area (TPSA) is 66.9 Å². The molecule has 0 aliphatic carbocycles. The standard InChI is InChI=1S/C15H17FN4O/c1-10(2)8-17-14-7-13(18-9-19-14)15(21)20-12-5-3-11(16)4-6-12/h3-7,9-10H,8H2,1-2H3,(H,20,21)(H,17,18,19). The third-order valence-electron chi connectivity index (χ3n) is 2.69. The molecule has 0 saturated carbocycles. The lowest BCUT2D eigenvalue weighted by molar-refractivity contribution is 0.102. The van der Waals surface area contributed by atoms with Crippen LogP contribution < -0.4 is 10.6 Å². The van der Waals surface area contributed by atoms with E-state index in [-0.39, 0.29) is 17.4 Å². The van der Waals surface area contributed by atoms with Gasteiger partial charge in [0.1, 0.15) is 23.7 Å². The molecule has 0 atom stereocenters. The van der Waals surface area contributed by atoms with E-state index in [4.69, 9.17) is 0 Å². The Morgan fingerprint density at radius 1 is 1.24 bits per heavy atom. The molecule has 1 heterocycles. The maximum absolute atomic E-state index is 12.8. The second-order valence-electron chi connectivity index (χ2n) is 5.02. The summed E-state index contributed by atoms with van der Waals surface area (Å²) >= 11 is 0. The average molecular weight is 288 g/mol. The van der Waals surface area contributed by atoms with E-state index in [1.807, 2.05) is 0 Å². The van der Waals surface area contributed by atoms with Crippen LogP contribution in [0.3, 0.4) is 0 Å². The average Bonchev–Trinajstić information content (AvgIpc) is 2.48. The van der Waals surface area contributed by atoms with Gasteiger partial charge in [0.25, 0.3) is 5.91 Å². The van der Waals surface area contributed by atoms with Crippen molar-refractivity contribution < 1.29 is 9.18 Å². The Bertz CT molecular complexity index is 613. The molecule has 2 aromatic rings. The fourth-order valence-electron chi connectivity index (χ4n) is 1.62. The van der Waals surface area contributed by atoms with Crippen molar-refractivity contribution in [2.45, 2.75) is 13.8 Å². The Labute approximate surface area is 122 Å². The predicted octanol–water partition coefficient (Wildman–Crippen LogP) is 2.94. The lowest BCUT2D eigenvalue weighted by Crippen LogP contribution is -2.15. The first-order chi connectivity index (χ1) is 10.0. The lowest BCUT2D eigenvalue weighted by Gasteiger charge is -2.09. The van der Waals surface area contributed by atoms with E-state index in [1.54, 1.807) is 6.07 Å². The summed E-state index contributed by atoms with van der Waals surface area (Å²) in [4.78, 5) is 20.1. The Balaban J connectivity index is 2.05. The molecule has 0 spiro atoms. The summed E-state index contributed by atoms with van der Waals surface area (Å²) in [7, 11) is 0. The number of nitrogens with zero attached hydrogens (tertiary/aromatic N) is 2. The van der Waals surface area contributed by atoms with Crippen molar-refractivity contribution >= 4 is 17.4 Å². The quantitative estimate of drug-likeness (QED) is 0.887. The third kappa shape index (κ3) is 4.52. The highest BCUT2D eigenvalue weighted by molar-refractivity contribution is 6.03. The van der Waals surface area contributed by atoms with Crippen molar-refractivity contribution in [3.63, 3.8) is 0 Å². The summed E-state index contributed by atoms with van der Waals surface area (Å²) < 4.78 is 12.8. The molecule has 2 rings (SSSR count). The minimum Gasteiger partial charge on any atom is -0.370 e. The Kier molecular flexibility index (Phi) is 4.81. The minimum absolute atomic E-state index is 0.251. The molecule has 0 aliphatic rings. The van der Waals surface area contributed by atoms with Crippen molar-refractivity contribution in [2.24, 2.45) is 5.92 Å². The van der Waals surface area contributed by atoms with Gasteiger partial charge < -0.3 is 10.6 Å². The van der Waals surface area contributed by atoms with Gasteiger partial charge in [-0.2, -0.15) is 0 Å². The SMILES string of the molecule is CC(C)CNc1cc(C(=O)Nc2ccc(F)cc2)ncn1. The highest BCUT2D eigenvalue weighted by atomic mass is 19.1. The highest BCUT2D eigenvalue weighted by Crippen LogP contribution is 2.11. The number of hydrogen-bond acceptors (Lipinski definition) is 4. The van der Waals surface area contributed by atoms with Crippen LogP contribution >= 0.6 is 0 Å². The molecule has 0 bridgehead atoms. The third-order valence-corrected chi connectivity index (χ3v) is 2.69. The van der Waals surface area contributed by atoms with Gasteiger partial charge in [-0.05, 0) is 30.2 Å². The Morgan fingerprint density at radius 2 is 1.95 bits per heavy atom. The summed E-state index contributed by atoms with van der Waals surface area (Å²) in [5.41, 5.74) is 0.761. The van der Waals surface area contributed by atoms with E-state index in [0.717, 1.165) is 6.54 Å². The smallest absolute Gasteiger partial charge is 0.274 e. The molecule has 0 radical (unpaired) electrons. The molecule has 0 saturated heterocycles. The Morgan fingerprint density at radius 3 is 2.62 bits per heavy atom. The molecule has 1 aromatic carbocycles. The normalized spacial score (nSPS) is 10.5. The second kappa shape index (κ2) is 6.78. The van der Waals surface area contributed by atoms with Gasteiger partial charge in [-0.25, -0.2) is 14.4 Å². The number of carbonyl (C=O) groups is 1. The number of amides is 1. The van der Waals surface area contributed by atoms with Crippen molar-refractivity contribution in [3.05, 3.63) is 48.2 Å². The highest BCUT2D eigenvalue weighted by Gasteiger charge is 2.09. The molecular formula is C15H17FN4O. The first kappa shape index (κ1) is 14.9. The van der Waals surface area contributed by atoms with Crippen LogP contribution in [-0.2, 0) is 0 Å². The number of hydrogen-bond donors (Lipinski definition) is 2. The number of halogens is 1. The van der Waals surface area contributed by atoms with E-state index in [0.29, 0.717) is 17.4 Å². The number of carbonyl (C=O) groups excluding carboxylic acids is 1. The summed E-state index contributed by atoms with van der Waals surface area (Å²) in [6.07, 6.45) is 1.34. The number of nitrogens with one attached hydrogen (secondary N) is 2. The fraction of sp³-hybridized carbons (Fsp3) is 0.267. The molecule has 2 N–H and O–H groups in total. The molecule has 110 valence electrons. The predicted molar refractivity (Wildman–Crippen MR) is 79.7 cm³/mol. The number of aromatic nitrogens is 2. The first-order valence-corrected chi connectivity index (χ1v) is 6.67. The van der Waals surface area contributed by atoms with Crippen LogP contribution in [0.2, 0.25) is 0 Å². The zero-order chi connectivity index (χ0) is 15.2.